The van der Waals surface area contributed by atoms with E-state index in [0.29, 0.717) is 22.9 Å². The van der Waals surface area contributed by atoms with Gasteiger partial charge >= 0.3 is 0 Å². The van der Waals surface area contributed by atoms with Crippen molar-refractivity contribution in [2.45, 2.75) is 38.9 Å². The molecule has 0 saturated heterocycles. The molecule has 0 unspecified atom stereocenters. The van der Waals surface area contributed by atoms with Crippen LogP contribution in [0.1, 0.15) is 25.0 Å². The van der Waals surface area contributed by atoms with E-state index in [1.54, 1.807) is 36.3 Å². The van der Waals surface area contributed by atoms with E-state index in [4.69, 9.17) is 21.1 Å². The molecule has 3 aromatic rings. The van der Waals surface area contributed by atoms with Gasteiger partial charge in [0.1, 0.15) is 17.5 Å². The fourth-order valence-electron chi connectivity index (χ4n) is 3.66. The number of amides is 2. The minimum atomic E-state index is -0.729. The fraction of sp³-hybridized carbons (Fsp3) is 0.286. The van der Waals surface area contributed by atoms with Gasteiger partial charge in [0.2, 0.25) is 5.91 Å². The summed E-state index contributed by atoms with van der Waals surface area (Å²) in [4.78, 5) is 28.5. The number of nitrogens with zero attached hydrogens (tertiary/aromatic N) is 1. The standard InChI is InChI=1S/C28H31ClN2O4/c1-20(2)30-28(33)26(17-21-8-5-4-6-9-21)31(18-22-10-7-11-25(16-22)34-3)27(32)19-35-24-14-12-23(29)13-15-24/h4-16,20,26H,17-19H2,1-3H3,(H,30,33)/t26-/m1/s1. The zero-order chi connectivity index (χ0) is 25.2. The van der Waals surface area contributed by atoms with E-state index in [0.717, 1.165) is 11.1 Å². The van der Waals surface area contributed by atoms with Gasteiger partial charge in [-0.15, -0.1) is 0 Å². The number of benzene rings is 3. The predicted molar refractivity (Wildman–Crippen MR) is 138 cm³/mol. The maximum Gasteiger partial charge on any atom is 0.261 e. The SMILES string of the molecule is COc1cccc(CN(C(=O)COc2ccc(Cl)cc2)[C@H](Cc2ccccc2)C(=O)NC(C)C)c1. The van der Waals surface area contributed by atoms with Crippen molar-refractivity contribution in [2.75, 3.05) is 13.7 Å². The highest BCUT2D eigenvalue weighted by Crippen LogP contribution is 2.20. The van der Waals surface area contributed by atoms with Gasteiger partial charge < -0.3 is 19.7 Å². The van der Waals surface area contributed by atoms with Gasteiger partial charge in [-0.2, -0.15) is 0 Å². The van der Waals surface area contributed by atoms with Crippen molar-refractivity contribution < 1.29 is 19.1 Å². The molecular weight excluding hydrogens is 464 g/mol. The smallest absolute Gasteiger partial charge is 0.261 e. The summed E-state index contributed by atoms with van der Waals surface area (Å²) in [6.45, 7) is 3.81. The van der Waals surface area contributed by atoms with Crippen molar-refractivity contribution in [3.63, 3.8) is 0 Å². The monoisotopic (exact) mass is 494 g/mol. The van der Waals surface area contributed by atoms with E-state index < -0.39 is 6.04 Å². The third-order valence-corrected chi connectivity index (χ3v) is 5.62. The second-order valence-electron chi connectivity index (χ2n) is 8.48. The topological polar surface area (TPSA) is 67.9 Å². The van der Waals surface area contributed by atoms with Crippen molar-refractivity contribution in [3.8, 4) is 11.5 Å². The first-order chi connectivity index (χ1) is 16.9. The van der Waals surface area contributed by atoms with Gasteiger partial charge in [0, 0.05) is 24.0 Å². The zero-order valence-corrected chi connectivity index (χ0v) is 21.0. The summed E-state index contributed by atoms with van der Waals surface area (Å²) in [7, 11) is 1.59. The molecule has 1 N–H and O–H groups in total. The first-order valence-electron chi connectivity index (χ1n) is 11.5. The Kier molecular flexibility index (Phi) is 9.56. The molecule has 0 fully saturated rings. The number of hydrogen-bond donors (Lipinski definition) is 1. The molecule has 0 radical (unpaired) electrons. The number of carbonyl (C=O) groups excluding carboxylic acids is 2. The first-order valence-corrected chi connectivity index (χ1v) is 11.9. The summed E-state index contributed by atoms with van der Waals surface area (Å²) in [5.41, 5.74) is 1.80. The van der Waals surface area contributed by atoms with E-state index in [-0.39, 0.29) is 31.0 Å². The fourth-order valence-corrected chi connectivity index (χ4v) is 3.79. The lowest BCUT2D eigenvalue weighted by atomic mass is 10.0. The van der Waals surface area contributed by atoms with Crippen LogP contribution in [-0.4, -0.2) is 42.5 Å². The highest BCUT2D eigenvalue weighted by atomic mass is 35.5. The number of ether oxygens (including phenoxy) is 2. The van der Waals surface area contributed by atoms with Crippen LogP contribution in [0.2, 0.25) is 5.02 Å². The van der Waals surface area contributed by atoms with E-state index in [2.05, 4.69) is 5.32 Å². The van der Waals surface area contributed by atoms with Crippen LogP contribution in [0.5, 0.6) is 11.5 Å². The molecule has 0 bridgehead atoms. The second-order valence-corrected chi connectivity index (χ2v) is 8.92. The average molecular weight is 495 g/mol. The van der Waals surface area contributed by atoms with Crippen molar-refractivity contribution in [1.82, 2.24) is 10.2 Å². The van der Waals surface area contributed by atoms with Gasteiger partial charge in [-0.25, -0.2) is 0 Å². The molecule has 0 spiro atoms. The van der Waals surface area contributed by atoms with Crippen molar-refractivity contribution in [1.29, 1.82) is 0 Å². The highest BCUT2D eigenvalue weighted by molar-refractivity contribution is 6.30. The summed E-state index contributed by atoms with van der Waals surface area (Å²) in [6, 6.07) is 23.1. The number of nitrogens with one attached hydrogen (secondary N) is 1. The van der Waals surface area contributed by atoms with Crippen LogP contribution in [0.25, 0.3) is 0 Å². The van der Waals surface area contributed by atoms with E-state index >= 15 is 0 Å². The Bertz CT molecular complexity index is 1100. The van der Waals surface area contributed by atoms with Gasteiger partial charge in [0.25, 0.3) is 5.91 Å². The minimum Gasteiger partial charge on any atom is -0.497 e. The number of hydrogen-bond acceptors (Lipinski definition) is 4. The van der Waals surface area contributed by atoms with Gasteiger partial charge in [0.15, 0.2) is 6.61 Å². The summed E-state index contributed by atoms with van der Waals surface area (Å²) < 4.78 is 11.1. The lowest BCUT2D eigenvalue weighted by Gasteiger charge is -2.32. The first kappa shape index (κ1) is 26.1. The number of carbonyl (C=O) groups is 2. The van der Waals surface area contributed by atoms with E-state index in [1.807, 2.05) is 68.4 Å². The molecule has 0 heterocycles. The normalized spacial score (nSPS) is 11.6. The largest absolute Gasteiger partial charge is 0.497 e. The van der Waals surface area contributed by atoms with Crippen LogP contribution >= 0.6 is 11.6 Å². The summed E-state index contributed by atoms with van der Waals surface area (Å²) in [5, 5.41) is 3.55. The molecule has 0 saturated carbocycles. The molecule has 0 aliphatic heterocycles. The minimum absolute atomic E-state index is 0.0696. The van der Waals surface area contributed by atoms with Crippen molar-refractivity contribution in [3.05, 3.63) is 95.0 Å². The molecular formula is C28H31ClN2O4. The lowest BCUT2D eigenvalue weighted by Crippen LogP contribution is -2.52. The van der Waals surface area contributed by atoms with E-state index in [9.17, 15) is 9.59 Å². The Morgan fingerprint density at radius 1 is 0.914 bits per heavy atom. The Balaban J connectivity index is 1.91. The summed E-state index contributed by atoms with van der Waals surface area (Å²) >= 11 is 5.95. The van der Waals surface area contributed by atoms with Crippen LogP contribution in [0.3, 0.4) is 0 Å². The third kappa shape index (κ3) is 8.04. The number of rotatable bonds is 11. The Labute approximate surface area is 211 Å². The molecule has 3 aromatic carbocycles. The Morgan fingerprint density at radius 2 is 1.60 bits per heavy atom. The highest BCUT2D eigenvalue weighted by Gasteiger charge is 2.31. The quantitative estimate of drug-likeness (QED) is 0.412. The van der Waals surface area contributed by atoms with Crippen LogP contribution < -0.4 is 14.8 Å². The lowest BCUT2D eigenvalue weighted by molar-refractivity contribution is -0.143. The molecule has 0 aliphatic rings. The molecule has 0 aromatic heterocycles. The van der Waals surface area contributed by atoms with E-state index in [1.165, 1.54) is 0 Å². The summed E-state index contributed by atoms with van der Waals surface area (Å²) in [5.74, 6) is 0.683. The molecule has 0 aliphatic carbocycles. The number of methoxy groups -OCH3 is 1. The van der Waals surface area contributed by atoms with Gasteiger partial charge in [-0.3, -0.25) is 9.59 Å². The maximum absolute atomic E-state index is 13.5. The summed E-state index contributed by atoms with van der Waals surface area (Å²) in [6.07, 6.45) is 0.371. The maximum atomic E-state index is 13.5. The Morgan fingerprint density at radius 3 is 2.26 bits per heavy atom. The van der Waals surface area contributed by atoms with Gasteiger partial charge in [0.05, 0.1) is 7.11 Å². The molecule has 7 heteroatoms. The van der Waals surface area contributed by atoms with Crippen LogP contribution in [0.4, 0.5) is 0 Å². The van der Waals surface area contributed by atoms with Crippen LogP contribution in [0, 0.1) is 0 Å². The van der Waals surface area contributed by atoms with Crippen LogP contribution in [-0.2, 0) is 22.6 Å². The molecule has 184 valence electrons. The zero-order valence-electron chi connectivity index (χ0n) is 20.2. The van der Waals surface area contributed by atoms with Gasteiger partial charge in [-0.05, 0) is 61.4 Å². The molecule has 35 heavy (non-hydrogen) atoms. The molecule has 3 rings (SSSR count). The van der Waals surface area contributed by atoms with Crippen molar-refractivity contribution in [2.24, 2.45) is 0 Å². The second kappa shape index (κ2) is 12.8. The molecule has 2 amide bonds. The van der Waals surface area contributed by atoms with Gasteiger partial charge in [-0.1, -0.05) is 54.1 Å². The third-order valence-electron chi connectivity index (χ3n) is 5.37. The predicted octanol–water partition coefficient (Wildman–Crippen LogP) is 4.89. The van der Waals surface area contributed by atoms with Crippen molar-refractivity contribution >= 4 is 23.4 Å². The average Bonchev–Trinajstić information content (AvgIpc) is 2.86. The van der Waals surface area contributed by atoms with Crippen LogP contribution in [0.15, 0.2) is 78.9 Å². The molecule has 6 nitrogen and oxygen atoms in total. The molecule has 1 atom stereocenters. The Hall–Kier alpha value is -3.51. The number of halogens is 1.